The summed E-state index contributed by atoms with van der Waals surface area (Å²) in [5.74, 6) is 2.45. The number of ether oxygens (including phenoxy) is 1. The molecular weight excluding hydrogens is 432 g/mol. The number of aliphatic hydroxyl groups excluding tert-OH is 2. The van der Waals surface area contributed by atoms with Gasteiger partial charge in [-0.05, 0) is 43.8 Å². The van der Waals surface area contributed by atoms with E-state index in [1.165, 1.54) is 6.20 Å². The van der Waals surface area contributed by atoms with E-state index >= 15 is 0 Å². The zero-order valence-electron chi connectivity index (χ0n) is 18.0. The summed E-state index contributed by atoms with van der Waals surface area (Å²) in [5.41, 5.74) is -2.05. The summed E-state index contributed by atoms with van der Waals surface area (Å²) < 4.78 is 6.87. The van der Waals surface area contributed by atoms with Crippen LogP contribution in [0.4, 0.5) is 0 Å². The Morgan fingerprint density at radius 1 is 1.03 bits per heavy atom. The van der Waals surface area contributed by atoms with E-state index in [4.69, 9.17) is 11.2 Å². The van der Waals surface area contributed by atoms with Crippen LogP contribution in [0.5, 0.6) is 0 Å². The molecule has 0 spiro atoms. The summed E-state index contributed by atoms with van der Waals surface area (Å²) in [4.78, 5) is 28.1. The molecule has 0 amide bonds. The topological polar surface area (TPSA) is 105 Å². The smallest absolute Gasteiger partial charge is 0.331 e. The number of aliphatic hydroxyl groups is 2. The van der Waals surface area contributed by atoms with Crippen molar-refractivity contribution >= 4 is 32.3 Å². The van der Waals surface area contributed by atoms with Gasteiger partial charge in [-0.25, -0.2) is 4.79 Å². The summed E-state index contributed by atoms with van der Waals surface area (Å²) in [7, 11) is 0. The first-order valence-corrected chi connectivity index (χ1v) is 10.9. The van der Waals surface area contributed by atoms with E-state index < -0.39 is 35.8 Å². The van der Waals surface area contributed by atoms with Gasteiger partial charge in [-0.3, -0.25) is 14.3 Å². The number of nitrogens with zero attached hydrogens (tertiary/aromatic N) is 1. The van der Waals surface area contributed by atoms with Gasteiger partial charge in [0.15, 0.2) is 0 Å². The van der Waals surface area contributed by atoms with Crippen molar-refractivity contribution < 1.29 is 14.9 Å². The van der Waals surface area contributed by atoms with Crippen molar-refractivity contribution in [3.63, 3.8) is 0 Å². The van der Waals surface area contributed by atoms with Crippen LogP contribution in [0.15, 0.2) is 70.4 Å². The normalized spacial score (nSPS) is 22.6. The van der Waals surface area contributed by atoms with Crippen LogP contribution in [0.3, 0.4) is 0 Å². The fraction of sp³-hybridized carbons (Fsp3) is 0.185. The Kier molecular flexibility index (Phi) is 4.41. The van der Waals surface area contributed by atoms with Crippen LogP contribution >= 0.6 is 0 Å². The molecule has 3 N–H and O–H groups in total. The van der Waals surface area contributed by atoms with Gasteiger partial charge in [0, 0.05) is 12.6 Å². The standard InChI is InChI=1S/C27H20N2O5/c1-2-27(12-21(31)22(14-30)34-27)29-13-20(25(32)28-26(29)33)18-10-8-17-7-6-15-4-3-5-16-9-11-19(18)24(17)23(15)16/h1,3-11,13,21-22,30-31H,12,14H2,(H,28,32,33)/t21-,22+,27+/m0/s1. The molecule has 0 bridgehead atoms. The lowest BCUT2D eigenvalue weighted by Gasteiger charge is -2.26. The van der Waals surface area contributed by atoms with E-state index in [2.05, 4.69) is 35.2 Å². The largest absolute Gasteiger partial charge is 0.394 e. The number of nitrogens with one attached hydrogen (secondary N) is 1. The molecule has 1 aliphatic heterocycles. The average molecular weight is 452 g/mol. The molecule has 7 heteroatoms. The van der Waals surface area contributed by atoms with E-state index in [9.17, 15) is 19.8 Å². The van der Waals surface area contributed by atoms with Crippen LogP contribution in [0.1, 0.15) is 6.42 Å². The van der Waals surface area contributed by atoms with E-state index in [0.717, 1.165) is 36.9 Å². The molecule has 0 unspecified atom stereocenters. The third-order valence-corrected chi connectivity index (χ3v) is 6.82. The molecule has 5 aromatic rings. The Hall–Kier alpha value is -3.96. The van der Waals surface area contributed by atoms with Gasteiger partial charge in [0.1, 0.15) is 6.10 Å². The van der Waals surface area contributed by atoms with Gasteiger partial charge >= 0.3 is 5.69 Å². The van der Waals surface area contributed by atoms with Crippen molar-refractivity contribution in [2.75, 3.05) is 6.61 Å². The predicted molar refractivity (Wildman–Crippen MR) is 130 cm³/mol. The van der Waals surface area contributed by atoms with Crippen LogP contribution < -0.4 is 11.2 Å². The van der Waals surface area contributed by atoms with Gasteiger partial charge in [0.2, 0.25) is 5.72 Å². The molecule has 0 aliphatic carbocycles. The van der Waals surface area contributed by atoms with Crippen LogP contribution in [-0.2, 0) is 10.5 Å². The first-order chi connectivity index (χ1) is 16.5. The Morgan fingerprint density at radius 2 is 1.71 bits per heavy atom. The molecule has 34 heavy (non-hydrogen) atoms. The maximum Gasteiger partial charge on any atom is 0.331 e. The summed E-state index contributed by atoms with van der Waals surface area (Å²) in [6.45, 7) is -0.454. The minimum atomic E-state index is -1.63. The zero-order chi connectivity index (χ0) is 23.6. The number of hydrogen-bond donors (Lipinski definition) is 3. The molecule has 4 aromatic carbocycles. The van der Waals surface area contributed by atoms with Crippen LogP contribution in [0.2, 0.25) is 0 Å². The molecule has 1 saturated heterocycles. The molecule has 0 radical (unpaired) electrons. The number of rotatable bonds is 3. The van der Waals surface area contributed by atoms with Gasteiger partial charge in [0.25, 0.3) is 5.56 Å². The SMILES string of the molecule is C#C[C@]1(n2cc(-c3ccc4ccc5cccc6ccc3c4c56)c(=O)[nH]c2=O)C[C@H](O)[C@@H](CO)O1. The van der Waals surface area contributed by atoms with E-state index in [1.54, 1.807) is 0 Å². The minimum absolute atomic E-state index is 0.0986. The number of terminal acetylenes is 1. The summed E-state index contributed by atoms with van der Waals surface area (Å²) in [5, 5.41) is 26.0. The van der Waals surface area contributed by atoms with Crippen molar-refractivity contribution in [2.45, 2.75) is 24.4 Å². The van der Waals surface area contributed by atoms with E-state index in [-0.39, 0.29) is 12.0 Å². The van der Waals surface area contributed by atoms with Gasteiger partial charge < -0.3 is 14.9 Å². The summed E-state index contributed by atoms with van der Waals surface area (Å²) in [6.07, 6.45) is 5.04. The Morgan fingerprint density at radius 3 is 2.38 bits per heavy atom. The molecule has 2 heterocycles. The third-order valence-electron chi connectivity index (χ3n) is 6.82. The third kappa shape index (κ3) is 2.77. The highest BCUT2D eigenvalue weighted by Gasteiger charge is 2.47. The summed E-state index contributed by atoms with van der Waals surface area (Å²) >= 11 is 0. The molecule has 1 aromatic heterocycles. The van der Waals surface area contributed by atoms with Crippen molar-refractivity contribution in [1.29, 1.82) is 0 Å². The van der Waals surface area contributed by atoms with Crippen molar-refractivity contribution in [3.05, 3.63) is 81.6 Å². The summed E-state index contributed by atoms with van der Waals surface area (Å²) in [6, 6.07) is 18.0. The van der Waals surface area contributed by atoms with Crippen LogP contribution in [0, 0.1) is 12.3 Å². The number of aromatic amines is 1. The first-order valence-electron chi connectivity index (χ1n) is 10.9. The van der Waals surface area contributed by atoms with Crippen molar-refractivity contribution in [1.82, 2.24) is 9.55 Å². The molecule has 1 fully saturated rings. The number of H-pyrrole nitrogens is 1. The number of benzene rings is 4. The zero-order valence-corrected chi connectivity index (χ0v) is 18.0. The van der Waals surface area contributed by atoms with E-state index in [0.29, 0.717) is 5.56 Å². The highest BCUT2D eigenvalue weighted by molar-refractivity contribution is 6.25. The number of hydrogen-bond acceptors (Lipinski definition) is 5. The first kappa shape index (κ1) is 20.6. The lowest BCUT2D eigenvalue weighted by molar-refractivity contribution is -0.0835. The molecular formula is C27H20N2O5. The van der Waals surface area contributed by atoms with Crippen LogP contribution in [-0.4, -0.2) is 38.6 Å². The van der Waals surface area contributed by atoms with Gasteiger partial charge in [-0.2, -0.15) is 0 Å². The maximum absolute atomic E-state index is 13.0. The molecule has 7 nitrogen and oxygen atoms in total. The minimum Gasteiger partial charge on any atom is -0.394 e. The monoisotopic (exact) mass is 452 g/mol. The number of aromatic nitrogens is 2. The van der Waals surface area contributed by atoms with Gasteiger partial charge in [-0.1, -0.05) is 54.6 Å². The van der Waals surface area contributed by atoms with Crippen LogP contribution in [0.25, 0.3) is 43.4 Å². The second kappa shape index (κ2) is 7.27. The molecule has 3 atom stereocenters. The lowest BCUT2D eigenvalue weighted by atomic mass is 9.90. The Labute approximate surface area is 193 Å². The quantitative estimate of drug-likeness (QED) is 0.288. The van der Waals surface area contributed by atoms with Crippen molar-refractivity contribution in [3.8, 4) is 23.5 Å². The second-order valence-electron chi connectivity index (χ2n) is 8.68. The maximum atomic E-state index is 13.0. The highest BCUT2D eigenvalue weighted by Crippen LogP contribution is 2.39. The molecule has 1 aliphatic rings. The van der Waals surface area contributed by atoms with Gasteiger partial charge in [-0.15, -0.1) is 6.42 Å². The fourth-order valence-electron chi connectivity index (χ4n) is 5.17. The Bertz CT molecular complexity index is 1730. The predicted octanol–water partition coefficient (Wildman–Crippen LogP) is 2.53. The molecule has 168 valence electrons. The second-order valence-corrected chi connectivity index (χ2v) is 8.68. The lowest BCUT2D eigenvalue weighted by Crippen LogP contribution is -2.44. The van der Waals surface area contributed by atoms with Crippen molar-refractivity contribution in [2.24, 2.45) is 0 Å². The van der Waals surface area contributed by atoms with E-state index in [1.807, 2.05) is 30.3 Å². The Balaban J connectivity index is 1.63. The molecule has 0 saturated carbocycles. The average Bonchev–Trinajstić information content (AvgIpc) is 3.19. The fourth-order valence-corrected chi connectivity index (χ4v) is 5.17. The van der Waals surface area contributed by atoms with Gasteiger partial charge in [0.05, 0.1) is 18.3 Å². The highest BCUT2D eigenvalue weighted by atomic mass is 16.6. The molecule has 6 rings (SSSR count).